The predicted octanol–water partition coefficient (Wildman–Crippen LogP) is 3.00. The fraction of sp³-hybridized carbons (Fsp3) is 0.714. The van der Waals surface area contributed by atoms with Crippen LogP contribution in [-0.4, -0.2) is 42.1 Å². The van der Waals surface area contributed by atoms with Crippen LogP contribution in [0.1, 0.15) is 37.3 Å². The van der Waals surface area contributed by atoms with Crippen molar-refractivity contribution >= 4 is 22.5 Å². The van der Waals surface area contributed by atoms with Gasteiger partial charge in [-0.1, -0.05) is 13.8 Å². The van der Waals surface area contributed by atoms with Gasteiger partial charge in [-0.25, -0.2) is 9.78 Å². The number of nitrogens with zero attached hydrogens (tertiary/aromatic N) is 2. The molecule has 0 bridgehead atoms. The van der Waals surface area contributed by atoms with Crippen molar-refractivity contribution in [2.75, 3.05) is 25.5 Å². The highest BCUT2D eigenvalue weighted by molar-refractivity contribution is 7.15. The van der Waals surface area contributed by atoms with Crippen molar-refractivity contribution < 1.29 is 4.79 Å². The zero-order chi connectivity index (χ0) is 15.1. The molecule has 1 aromatic rings. The first-order valence-electron chi connectivity index (χ1n) is 7.24. The van der Waals surface area contributed by atoms with Gasteiger partial charge >= 0.3 is 6.03 Å². The first kappa shape index (κ1) is 16.9. The lowest BCUT2D eigenvalue weighted by atomic mass is 10.1. The molecule has 5 nitrogen and oxygen atoms in total. The Kier molecular flexibility index (Phi) is 6.95. The van der Waals surface area contributed by atoms with Crippen molar-refractivity contribution in [3.8, 4) is 0 Å². The molecule has 114 valence electrons. The van der Waals surface area contributed by atoms with E-state index < -0.39 is 0 Å². The Morgan fingerprint density at radius 3 is 2.65 bits per heavy atom. The Labute approximate surface area is 125 Å². The standard InChI is InChI=1S/C12H20N4OS.C2H6/c1-8-9(2)18-12(13-8)15-11(17)14-10-5-4-6-16(3)7-10;1-2/h10H,4-7H2,1-3H3,(H2,13,14,15,17);1-2H3/t10-;/m1./s1. The molecule has 1 saturated heterocycles. The van der Waals surface area contributed by atoms with Crippen LogP contribution in [0.3, 0.4) is 0 Å². The number of aromatic nitrogens is 1. The number of thiazole rings is 1. The van der Waals surface area contributed by atoms with Gasteiger partial charge in [-0.2, -0.15) is 0 Å². The number of carbonyl (C=O) groups excluding carboxylic acids is 1. The van der Waals surface area contributed by atoms with E-state index in [4.69, 9.17) is 0 Å². The molecule has 2 amide bonds. The number of hydrogen-bond donors (Lipinski definition) is 2. The van der Waals surface area contributed by atoms with Gasteiger partial charge in [-0.15, -0.1) is 11.3 Å². The van der Waals surface area contributed by atoms with Crippen LogP contribution in [0.4, 0.5) is 9.93 Å². The van der Waals surface area contributed by atoms with E-state index in [2.05, 4.69) is 27.6 Å². The predicted molar refractivity (Wildman–Crippen MR) is 85.6 cm³/mol. The van der Waals surface area contributed by atoms with Gasteiger partial charge in [0.1, 0.15) is 0 Å². The maximum atomic E-state index is 11.8. The van der Waals surface area contributed by atoms with Gasteiger partial charge in [0.05, 0.1) is 5.69 Å². The van der Waals surface area contributed by atoms with Gasteiger partial charge in [0.2, 0.25) is 0 Å². The molecule has 20 heavy (non-hydrogen) atoms. The molecule has 2 N–H and O–H groups in total. The minimum atomic E-state index is -0.149. The van der Waals surface area contributed by atoms with Crippen LogP contribution >= 0.6 is 11.3 Å². The fourth-order valence-corrected chi connectivity index (χ4v) is 2.94. The Morgan fingerprint density at radius 1 is 1.40 bits per heavy atom. The van der Waals surface area contributed by atoms with Crippen molar-refractivity contribution in [1.82, 2.24) is 15.2 Å². The smallest absolute Gasteiger partial charge is 0.321 e. The summed E-state index contributed by atoms with van der Waals surface area (Å²) in [6, 6.07) is 0.0926. The number of aryl methyl sites for hydroxylation is 2. The number of urea groups is 1. The van der Waals surface area contributed by atoms with Crippen LogP contribution in [0.2, 0.25) is 0 Å². The first-order valence-corrected chi connectivity index (χ1v) is 8.06. The Bertz CT molecular complexity index is 413. The van der Waals surface area contributed by atoms with Crippen molar-refractivity contribution in [3.05, 3.63) is 10.6 Å². The number of likely N-dealkylation sites (N-methyl/N-ethyl adjacent to an activating group) is 1. The molecule has 1 fully saturated rings. The molecular weight excluding hydrogens is 272 g/mol. The quantitative estimate of drug-likeness (QED) is 0.882. The zero-order valence-electron chi connectivity index (χ0n) is 13.1. The summed E-state index contributed by atoms with van der Waals surface area (Å²) < 4.78 is 0. The summed E-state index contributed by atoms with van der Waals surface area (Å²) in [5, 5.41) is 6.48. The van der Waals surface area contributed by atoms with E-state index in [0.717, 1.165) is 36.5 Å². The number of rotatable bonds is 2. The molecule has 1 aromatic heterocycles. The van der Waals surface area contributed by atoms with E-state index in [1.807, 2.05) is 27.7 Å². The largest absolute Gasteiger partial charge is 0.334 e. The van der Waals surface area contributed by atoms with Gasteiger partial charge in [0.25, 0.3) is 0 Å². The minimum Gasteiger partial charge on any atom is -0.334 e. The molecule has 6 heteroatoms. The Morgan fingerprint density at radius 2 is 2.10 bits per heavy atom. The first-order chi connectivity index (χ1) is 9.54. The summed E-state index contributed by atoms with van der Waals surface area (Å²) in [5.41, 5.74) is 0.979. The number of piperidine rings is 1. The molecule has 2 rings (SSSR count). The molecule has 0 spiro atoms. The van der Waals surface area contributed by atoms with Crippen LogP contribution in [0.5, 0.6) is 0 Å². The second-order valence-corrected chi connectivity index (χ2v) is 6.06. The molecule has 1 atom stereocenters. The van der Waals surface area contributed by atoms with Crippen LogP contribution < -0.4 is 10.6 Å². The lowest BCUT2D eigenvalue weighted by molar-refractivity contribution is 0.216. The number of anilines is 1. The average molecular weight is 298 g/mol. The molecule has 0 saturated carbocycles. The highest BCUT2D eigenvalue weighted by Crippen LogP contribution is 2.20. The molecule has 0 aromatic carbocycles. The second kappa shape index (κ2) is 8.21. The van der Waals surface area contributed by atoms with Crippen molar-refractivity contribution in [3.63, 3.8) is 0 Å². The molecule has 1 aliphatic heterocycles. The van der Waals surface area contributed by atoms with Crippen LogP contribution in [0.15, 0.2) is 0 Å². The molecular formula is C14H26N4OS. The number of likely N-dealkylation sites (tertiary alicyclic amines) is 1. The van der Waals surface area contributed by atoms with E-state index in [9.17, 15) is 4.79 Å². The van der Waals surface area contributed by atoms with Gasteiger partial charge in [0, 0.05) is 17.5 Å². The third-order valence-electron chi connectivity index (χ3n) is 3.21. The summed E-state index contributed by atoms with van der Waals surface area (Å²) in [5.74, 6) is 0. The number of nitrogens with one attached hydrogen (secondary N) is 2. The third kappa shape index (κ3) is 5.09. The molecule has 0 radical (unpaired) electrons. The molecule has 0 unspecified atom stereocenters. The molecule has 2 heterocycles. The summed E-state index contributed by atoms with van der Waals surface area (Å²) in [6.45, 7) is 9.99. The SMILES string of the molecule is CC.Cc1nc(NC(=O)N[C@@H]2CCCN(C)C2)sc1C. The summed E-state index contributed by atoms with van der Waals surface area (Å²) >= 11 is 1.51. The topological polar surface area (TPSA) is 57.3 Å². The van der Waals surface area contributed by atoms with Crippen LogP contribution in [0.25, 0.3) is 0 Å². The maximum absolute atomic E-state index is 11.8. The second-order valence-electron chi connectivity index (χ2n) is 4.86. The van der Waals surface area contributed by atoms with Gasteiger partial charge < -0.3 is 10.2 Å². The highest BCUT2D eigenvalue weighted by atomic mass is 32.1. The third-order valence-corrected chi connectivity index (χ3v) is 4.20. The Hall–Kier alpha value is -1.14. The normalized spacial score (nSPS) is 18.9. The van der Waals surface area contributed by atoms with Gasteiger partial charge in [-0.3, -0.25) is 5.32 Å². The average Bonchev–Trinajstić information content (AvgIpc) is 2.70. The van der Waals surface area contributed by atoms with E-state index in [1.54, 1.807) is 0 Å². The van der Waals surface area contributed by atoms with E-state index in [1.165, 1.54) is 11.3 Å². The summed E-state index contributed by atoms with van der Waals surface area (Å²) in [6.07, 6.45) is 2.19. The lowest BCUT2D eigenvalue weighted by Gasteiger charge is -2.30. The lowest BCUT2D eigenvalue weighted by Crippen LogP contribution is -2.47. The Balaban J connectivity index is 0.000000956. The van der Waals surface area contributed by atoms with E-state index in [-0.39, 0.29) is 12.1 Å². The number of amides is 2. The number of carbonyl (C=O) groups is 1. The minimum absolute atomic E-state index is 0.149. The summed E-state index contributed by atoms with van der Waals surface area (Å²) in [7, 11) is 2.08. The van der Waals surface area contributed by atoms with Crippen molar-refractivity contribution in [2.24, 2.45) is 0 Å². The zero-order valence-corrected chi connectivity index (χ0v) is 13.9. The van der Waals surface area contributed by atoms with Crippen LogP contribution in [-0.2, 0) is 0 Å². The van der Waals surface area contributed by atoms with E-state index in [0.29, 0.717) is 5.13 Å². The van der Waals surface area contributed by atoms with Crippen molar-refractivity contribution in [1.29, 1.82) is 0 Å². The van der Waals surface area contributed by atoms with Gasteiger partial charge in [-0.05, 0) is 40.3 Å². The number of hydrogen-bond acceptors (Lipinski definition) is 4. The highest BCUT2D eigenvalue weighted by Gasteiger charge is 2.19. The monoisotopic (exact) mass is 298 g/mol. The van der Waals surface area contributed by atoms with E-state index >= 15 is 0 Å². The van der Waals surface area contributed by atoms with Crippen molar-refractivity contribution in [2.45, 2.75) is 46.6 Å². The maximum Gasteiger partial charge on any atom is 0.321 e. The molecule has 0 aliphatic carbocycles. The van der Waals surface area contributed by atoms with Crippen LogP contribution in [0, 0.1) is 13.8 Å². The fourth-order valence-electron chi connectivity index (χ4n) is 2.13. The molecule has 1 aliphatic rings. The van der Waals surface area contributed by atoms with Gasteiger partial charge in [0.15, 0.2) is 5.13 Å². The summed E-state index contributed by atoms with van der Waals surface area (Å²) in [4.78, 5) is 19.5.